The SMILES string of the molecule is CN=C(NCCOCc1ccccc1)Nc1ccc2c(c1)OCCCO2. The first-order valence-electron chi connectivity index (χ1n) is 8.84. The summed E-state index contributed by atoms with van der Waals surface area (Å²) in [4.78, 5) is 4.24. The second-order valence-corrected chi connectivity index (χ2v) is 5.87. The highest BCUT2D eigenvalue weighted by Gasteiger charge is 2.11. The van der Waals surface area contributed by atoms with E-state index in [1.807, 2.05) is 36.4 Å². The van der Waals surface area contributed by atoms with Crippen molar-refractivity contribution in [1.82, 2.24) is 5.32 Å². The average molecular weight is 355 g/mol. The van der Waals surface area contributed by atoms with Crippen molar-refractivity contribution >= 4 is 11.6 Å². The average Bonchev–Trinajstić information content (AvgIpc) is 2.92. The van der Waals surface area contributed by atoms with Crippen molar-refractivity contribution in [1.29, 1.82) is 0 Å². The quantitative estimate of drug-likeness (QED) is 0.474. The molecule has 2 aromatic carbocycles. The fourth-order valence-electron chi connectivity index (χ4n) is 2.56. The molecule has 0 fully saturated rings. The van der Waals surface area contributed by atoms with E-state index in [9.17, 15) is 0 Å². The molecule has 0 saturated heterocycles. The van der Waals surface area contributed by atoms with E-state index in [0.717, 1.165) is 23.6 Å². The van der Waals surface area contributed by atoms with E-state index in [0.29, 0.717) is 38.9 Å². The van der Waals surface area contributed by atoms with Crippen LogP contribution in [0.4, 0.5) is 5.69 Å². The van der Waals surface area contributed by atoms with E-state index in [-0.39, 0.29) is 0 Å². The summed E-state index contributed by atoms with van der Waals surface area (Å²) in [7, 11) is 1.74. The molecular weight excluding hydrogens is 330 g/mol. The van der Waals surface area contributed by atoms with Crippen LogP contribution >= 0.6 is 0 Å². The molecule has 26 heavy (non-hydrogen) atoms. The van der Waals surface area contributed by atoms with Crippen molar-refractivity contribution in [2.45, 2.75) is 13.0 Å². The molecule has 1 aliphatic heterocycles. The Balaban J connectivity index is 1.44. The summed E-state index contributed by atoms with van der Waals surface area (Å²) in [5.74, 6) is 2.22. The van der Waals surface area contributed by atoms with Crippen LogP contribution in [0.3, 0.4) is 0 Å². The molecule has 2 N–H and O–H groups in total. The minimum Gasteiger partial charge on any atom is -0.490 e. The Morgan fingerprint density at radius 3 is 2.69 bits per heavy atom. The molecule has 3 rings (SSSR count). The summed E-state index contributed by atoms with van der Waals surface area (Å²) in [6.07, 6.45) is 0.893. The maximum absolute atomic E-state index is 5.71. The van der Waals surface area contributed by atoms with Crippen molar-refractivity contribution < 1.29 is 14.2 Å². The third-order valence-corrected chi connectivity index (χ3v) is 3.88. The van der Waals surface area contributed by atoms with Crippen LogP contribution < -0.4 is 20.1 Å². The number of anilines is 1. The molecule has 0 spiro atoms. The third kappa shape index (κ3) is 5.39. The molecule has 1 aliphatic rings. The molecule has 6 nitrogen and oxygen atoms in total. The van der Waals surface area contributed by atoms with Crippen molar-refractivity contribution in [3.8, 4) is 11.5 Å². The first-order valence-corrected chi connectivity index (χ1v) is 8.84. The number of benzene rings is 2. The van der Waals surface area contributed by atoms with Gasteiger partial charge in [0, 0.05) is 31.8 Å². The van der Waals surface area contributed by atoms with Gasteiger partial charge in [-0.15, -0.1) is 0 Å². The topological polar surface area (TPSA) is 64.1 Å². The van der Waals surface area contributed by atoms with Gasteiger partial charge in [-0.2, -0.15) is 0 Å². The number of hydrogen-bond acceptors (Lipinski definition) is 4. The van der Waals surface area contributed by atoms with E-state index in [2.05, 4.69) is 27.8 Å². The second kappa shape index (κ2) is 9.68. The van der Waals surface area contributed by atoms with Gasteiger partial charge in [0.2, 0.25) is 0 Å². The number of ether oxygens (including phenoxy) is 3. The highest BCUT2D eigenvalue weighted by atomic mass is 16.5. The summed E-state index contributed by atoms with van der Waals surface area (Å²) >= 11 is 0. The molecular formula is C20H25N3O3. The molecule has 1 heterocycles. The number of fused-ring (bicyclic) bond motifs is 1. The molecule has 0 aliphatic carbocycles. The standard InChI is InChI=1S/C20H25N3O3/c1-21-20(22-10-13-24-15-16-6-3-2-4-7-16)23-17-8-9-18-19(14-17)26-12-5-11-25-18/h2-4,6-9,14H,5,10-13,15H2,1H3,(H2,21,22,23). The molecule has 0 saturated carbocycles. The van der Waals surface area contributed by atoms with Gasteiger partial charge in [-0.25, -0.2) is 0 Å². The van der Waals surface area contributed by atoms with Crippen LogP contribution in [0.15, 0.2) is 53.5 Å². The minimum absolute atomic E-state index is 0.594. The molecule has 0 atom stereocenters. The van der Waals surface area contributed by atoms with E-state index >= 15 is 0 Å². The van der Waals surface area contributed by atoms with E-state index in [4.69, 9.17) is 14.2 Å². The van der Waals surface area contributed by atoms with Crippen LogP contribution in [-0.4, -0.2) is 39.4 Å². The summed E-state index contributed by atoms with van der Waals surface area (Å²) in [5.41, 5.74) is 2.06. The Labute approximate surface area is 154 Å². The summed E-state index contributed by atoms with van der Waals surface area (Å²) in [5, 5.41) is 6.49. The maximum atomic E-state index is 5.71. The third-order valence-electron chi connectivity index (χ3n) is 3.88. The van der Waals surface area contributed by atoms with E-state index in [1.165, 1.54) is 5.56 Å². The molecule has 0 amide bonds. The second-order valence-electron chi connectivity index (χ2n) is 5.87. The van der Waals surface area contributed by atoms with Gasteiger partial charge in [0.25, 0.3) is 0 Å². The predicted molar refractivity (Wildman–Crippen MR) is 103 cm³/mol. The minimum atomic E-state index is 0.594. The molecule has 6 heteroatoms. The van der Waals surface area contributed by atoms with Crippen LogP contribution in [0.2, 0.25) is 0 Å². The number of nitrogens with zero attached hydrogens (tertiary/aromatic N) is 1. The number of rotatable bonds is 6. The largest absolute Gasteiger partial charge is 0.490 e. The van der Waals surface area contributed by atoms with Gasteiger partial charge in [-0.3, -0.25) is 4.99 Å². The molecule has 138 valence electrons. The van der Waals surface area contributed by atoms with Gasteiger partial charge >= 0.3 is 0 Å². The Morgan fingerprint density at radius 2 is 1.88 bits per heavy atom. The fourth-order valence-corrected chi connectivity index (χ4v) is 2.56. The van der Waals surface area contributed by atoms with Gasteiger partial charge in [0.15, 0.2) is 17.5 Å². The van der Waals surface area contributed by atoms with Gasteiger partial charge < -0.3 is 24.8 Å². The van der Waals surface area contributed by atoms with E-state index < -0.39 is 0 Å². The fraction of sp³-hybridized carbons (Fsp3) is 0.350. The van der Waals surface area contributed by atoms with Crippen molar-refractivity contribution in [2.24, 2.45) is 4.99 Å². The number of guanidine groups is 1. The van der Waals surface area contributed by atoms with Crippen LogP contribution in [0.25, 0.3) is 0 Å². The molecule has 0 radical (unpaired) electrons. The van der Waals surface area contributed by atoms with Gasteiger partial charge in [-0.1, -0.05) is 30.3 Å². The van der Waals surface area contributed by atoms with Crippen LogP contribution in [-0.2, 0) is 11.3 Å². The monoisotopic (exact) mass is 355 g/mol. The van der Waals surface area contributed by atoms with E-state index in [1.54, 1.807) is 7.05 Å². The molecule has 2 aromatic rings. The normalized spacial score (nSPS) is 13.8. The molecule has 0 aromatic heterocycles. The molecule has 0 bridgehead atoms. The lowest BCUT2D eigenvalue weighted by atomic mass is 10.2. The first-order chi connectivity index (χ1) is 12.8. The summed E-state index contributed by atoms with van der Waals surface area (Å²) < 4.78 is 17.0. The lowest BCUT2D eigenvalue weighted by molar-refractivity contribution is 0.125. The predicted octanol–water partition coefficient (Wildman–Crippen LogP) is 3.05. The smallest absolute Gasteiger partial charge is 0.195 e. The highest BCUT2D eigenvalue weighted by Crippen LogP contribution is 2.32. The van der Waals surface area contributed by atoms with Crippen LogP contribution in [0.5, 0.6) is 11.5 Å². The number of aliphatic imine (C=N–C) groups is 1. The van der Waals surface area contributed by atoms with Crippen molar-refractivity contribution in [2.75, 3.05) is 38.7 Å². The number of hydrogen-bond donors (Lipinski definition) is 2. The lowest BCUT2D eigenvalue weighted by Gasteiger charge is -2.14. The van der Waals surface area contributed by atoms with Gasteiger partial charge in [0.05, 0.1) is 26.4 Å². The summed E-state index contributed by atoms with van der Waals surface area (Å²) in [6.45, 7) is 3.22. The zero-order chi connectivity index (χ0) is 18.0. The van der Waals surface area contributed by atoms with Crippen molar-refractivity contribution in [3.05, 3.63) is 54.1 Å². The Kier molecular flexibility index (Phi) is 6.73. The highest BCUT2D eigenvalue weighted by molar-refractivity contribution is 5.93. The maximum Gasteiger partial charge on any atom is 0.195 e. The molecule has 0 unspecified atom stereocenters. The van der Waals surface area contributed by atoms with Crippen LogP contribution in [0, 0.1) is 0 Å². The lowest BCUT2D eigenvalue weighted by Crippen LogP contribution is -2.33. The Hall–Kier alpha value is -2.73. The summed E-state index contributed by atoms with van der Waals surface area (Å²) in [6, 6.07) is 15.9. The Bertz CT molecular complexity index is 719. The van der Waals surface area contributed by atoms with Crippen LogP contribution in [0.1, 0.15) is 12.0 Å². The first kappa shape index (κ1) is 18.1. The zero-order valence-corrected chi connectivity index (χ0v) is 15.0. The Morgan fingerprint density at radius 1 is 1.08 bits per heavy atom. The van der Waals surface area contributed by atoms with Crippen molar-refractivity contribution in [3.63, 3.8) is 0 Å². The van der Waals surface area contributed by atoms with Gasteiger partial charge in [0.1, 0.15) is 0 Å². The zero-order valence-electron chi connectivity index (χ0n) is 15.0. The van der Waals surface area contributed by atoms with Gasteiger partial charge in [-0.05, 0) is 17.7 Å². The number of nitrogens with one attached hydrogen (secondary N) is 2.